The molecule has 0 fully saturated rings. The Labute approximate surface area is 703 Å². The van der Waals surface area contributed by atoms with Crippen molar-refractivity contribution in [2.45, 2.75) is 505 Å². The molecule has 3 aliphatic rings. The molecule has 0 spiro atoms. The van der Waals surface area contributed by atoms with E-state index in [2.05, 4.69) is 154 Å². The topological polar surface area (TPSA) is 43.8 Å². The molecule has 1 aliphatic carbocycles. The molecule has 0 saturated heterocycles. The van der Waals surface area contributed by atoms with Gasteiger partial charge in [0.25, 0.3) is 5.91 Å². The minimum Gasteiger partial charge on any atom is -0.369 e. The number of amides is 1. The number of hydrogen-bond donors (Lipinski definition) is 1. The van der Waals surface area contributed by atoms with Crippen LogP contribution in [0.3, 0.4) is 0 Å². The van der Waals surface area contributed by atoms with E-state index in [9.17, 15) is 5.11 Å². The molecule has 4 aromatic rings. The molecule has 3 atom stereocenters. The van der Waals surface area contributed by atoms with Crippen molar-refractivity contribution < 1.29 is 9.90 Å². The predicted molar refractivity (Wildman–Crippen MR) is 499 cm³/mol. The smallest absolute Gasteiger partial charge is 0.261 e. The van der Waals surface area contributed by atoms with Gasteiger partial charge in [0.1, 0.15) is 0 Å². The van der Waals surface area contributed by atoms with Gasteiger partial charge < -0.3 is 14.9 Å². The normalized spacial score (nSPS) is 15.6. The Hall–Kier alpha value is -2.49. The van der Waals surface area contributed by atoms with Crippen molar-refractivity contribution in [3.63, 3.8) is 0 Å². The zero-order valence-corrected chi connectivity index (χ0v) is 78.5. The van der Waals surface area contributed by atoms with E-state index in [-0.39, 0.29) is 22.2 Å². The molecule has 3 unspecified atom stereocenters. The van der Waals surface area contributed by atoms with Gasteiger partial charge in [-0.3, -0.25) is 4.79 Å². The summed E-state index contributed by atoms with van der Waals surface area (Å²) in [6.07, 6.45) is 77.4. The molecule has 1 N–H and O–H groups in total. The molecule has 0 saturated carbocycles. The van der Waals surface area contributed by atoms with Crippen LogP contribution in [0.25, 0.3) is 30.9 Å². The van der Waals surface area contributed by atoms with Gasteiger partial charge in [0.05, 0.1) is 26.7 Å². The lowest BCUT2D eigenvalue weighted by Crippen LogP contribution is -2.36. The molecule has 0 radical (unpaired) electrons. The van der Waals surface area contributed by atoms with Crippen molar-refractivity contribution in [1.29, 1.82) is 0 Å². The minimum absolute atomic E-state index is 0.00313. The van der Waals surface area contributed by atoms with Gasteiger partial charge in [-0.1, -0.05) is 418 Å². The lowest BCUT2D eigenvalue weighted by molar-refractivity contribution is -0.123. The largest absolute Gasteiger partial charge is 0.369 e. The van der Waals surface area contributed by atoms with Crippen LogP contribution >= 0.6 is 45.3 Å². The highest BCUT2D eigenvalue weighted by molar-refractivity contribution is 7.27. The third-order valence-electron chi connectivity index (χ3n) is 26.1. The first-order valence-corrected chi connectivity index (χ1v) is 52.1. The molecule has 111 heavy (non-hydrogen) atoms. The molecule has 2 aliphatic heterocycles. The fourth-order valence-corrected chi connectivity index (χ4v) is 24.9. The molecule has 4 aromatic heterocycles. The third-order valence-corrected chi connectivity index (χ3v) is 31.9. The number of carbonyl (C=O) groups is 1. The molecule has 0 bridgehead atoms. The molecule has 7 rings (SSSR count). The zero-order valence-electron chi connectivity index (χ0n) is 75.3. The Morgan fingerprint density at radius 3 is 1.12 bits per heavy atom. The van der Waals surface area contributed by atoms with Gasteiger partial charge in [-0.05, 0) is 133 Å². The quantitative estimate of drug-likeness (QED) is 0.0448. The monoisotopic (exact) mass is 1600 g/mol. The van der Waals surface area contributed by atoms with Crippen LogP contribution < -0.4 is 0 Å². The van der Waals surface area contributed by atoms with Crippen molar-refractivity contribution in [3.05, 3.63) is 77.2 Å². The number of rotatable bonds is 67. The minimum atomic E-state index is -0.903. The maximum atomic E-state index is 16.8. The Bertz CT molecular complexity index is 3200. The summed E-state index contributed by atoms with van der Waals surface area (Å²) in [5, 5.41) is 14.0. The Balaban J connectivity index is 1.46. The molecule has 0 aromatic carbocycles. The Morgan fingerprint density at radius 2 is 0.703 bits per heavy atom. The van der Waals surface area contributed by atoms with Gasteiger partial charge in [-0.15, -0.1) is 45.3 Å². The number of thiophene rings is 4. The predicted octanol–water partition coefficient (Wildman–Crippen LogP) is 35.2. The summed E-state index contributed by atoms with van der Waals surface area (Å²) in [5.41, 5.74) is 10.9. The summed E-state index contributed by atoms with van der Waals surface area (Å²) in [6.45, 7) is 35.0. The van der Waals surface area contributed by atoms with Gasteiger partial charge in [-0.2, -0.15) is 0 Å². The summed E-state index contributed by atoms with van der Waals surface area (Å²) >= 11 is 8.33. The van der Waals surface area contributed by atoms with Crippen molar-refractivity contribution >= 4 is 62.6 Å². The maximum absolute atomic E-state index is 16.8. The molecule has 4 nitrogen and oxygen atoms in total. The third kappa shape index (κ3) is 29.5. The van der Waals surface area contributed by atoms with Crippen molar-refractivity contribution in [1.82, 2.24) is 9.80 Å². The molecule has 6 heterocycles. The van der Waals surface area contributed by atoms with E-state index in [4.69, 9.17) is 0 Å². The average molecular weight is 1600 g/mol. The molecule has 8 heteroatoms. The summed E-state index contributed by atoms with van der Waals surface area (Å²) < 4.78 is 0. The second kappa shape index (κ2) is 53.1. The second-order valence-corrected chi connectivity index (χ2v) is 42.2. The van der Waals surface area contributed by atoms with Gasteiger partial charge in [0.15, 0.2) is 6.23 Å². The fraction of sp³-hybridized carbons (Fsp3) is 0.796. The summed E-state index contributed by atoms with van der Waals surface area (Å²) in [5.74, 6) is 0.985. The van der Waals surface area contributed by atoms with Crippen LogP contribution in [0.15, 0.2) is 35.4 Å². The maximum Gasteiger partial charge on any atom is 0.261 e. The Morgan fingerprint density at radius 1 is 0.360 bits per heavy atom. The zero-order chi connectivity index (χ0) is 79.7. The van der Waals surface area contributed by atoms with E-state index in [0.717, 1.165) is 59.8 Å². The summed E-state index contributed by atoms with van der Waals surface area (Å²) in [7, 11) is 0. The highest BCUT2D eigenvalue weighted by atomic mass is 32.1. The highest BCUT2D eigenvalue weighted by Gasteiger charge is 2.52. The second-order valence-electron chi connectivity index (χ2n) is 38.0. The number of aliphatic hydroxyl groups excluding tert-OH is 1. The number of nitrogens with zero attached hydrogens (tertiary/aromatic N) is 2. The van der Waals surface area contributed by atoms with Crippen LogP contribution in [0.2, 0.25) is 0 Å². The van der Waals surface area contributed by atoms with E-state index in [1.807, 2.05) is 28.2 Å². The lowest BCUT2D eigenvalue weighted by atomic mass is 9.67. The van der Waals surface area contributed by atoms with E-state index in [0.29, 0.717) is 11.8 Å². The Kier molecular flexibility index (Phi) is 45.8. The fourth-order valence-electron chi connectivity index (χ4n) is 19.5. The first-order valence-electron chi connectivity index (χ1n) is 48.8. The molecule has 1 amide bonds. The van der Waals surface area contributed by atoms with Gasteiger partial charge >= 0.3 is 0 Å². The number of hydrogen-bond acceptors (Lipinski definition) is 7. The number of aliphatic hydroxyl groups is 1. The van der Waals surface area contributed by atoms with Crippen LogP contribution in [0.5, 0.6) is 0 Å². The van der Waals surface area contributed by atoms with E-state index >= 15 is 4.79 Å². The van der Waals surface area contributed by atoms with Gasteiger partial charge in [0, 0.05) is 53.3 Å². The first kappa shape index (κ1) is 95.6. The number of carbonyl (C=O) groups excluding carboxylic acids is 1. The number of unbranched alkanes of at least 4 members (excludes halogenated alkanes) is 44. The van der Waals surface area contributed by atoms with Crippen molar-refractivity contribution in [2.24, 2.45) is 11.8 Å². The van der Waals surface area contributed by atoms with Crippen LogP contribution in [0.1, 0.15) is 511 Å². The van der Waals surface area contributed by atoms with Crippen LogP contribution in [0, 0.1) is 11.8 Å². The van der Waals surface area contributed by atoms with Gasteiger partial charge in [-0.25, -0.2) is 0 Å². The van der Waals surface area contributed by atoms with Crippen LogP contribution in [-0.2, 0) is 33.9 Å². The summed E-state index contributed by atoms with van der Waals surface area (Å²) in [4.78, 5) is 33.1. The lowest BCUT2D eigenvalue weighted by Gasteiger charge is -2.35. The molecule has 632 valence electrons. The van der Waals surface area contributed by atoms with E-state index < -0.39 is 6.23 Å². The summed E-state index contributed by atoms with van der Waals surface area (Å²) in [6, 6.07) is 9.69. The highest BCUT2D eigenvalue weighted by Crippen LogP contribution is 2.66. The van der Waals surface area contributed by atoms with E-state index in [1.54, 1.807) is 31.3 Å². The van der Waals surface area contributed by atoms with Gasteiger partial charge in [0.2, 0.25) is 0 Å². The average Bonchev–Trinajstić information content (AvgIpc) is 1.52. The van der Waals surface area contributed by atoms with Crippen LogP contribution in [0.4, 0.5) is 0 Å². The van der Waals surface area contributed by atoms with Crippen LogP contribution in [-0.4, -0.2) is 40.1 Å². The standard InChI is InChI=1S/C103H174N2O2S4/c1-15-23-31-39-45-47-49-51-55-63-71-83-91-96(97-92(103(91,77-65-57-43-35-27-19-5)78-66-58-44-36-28-20-6)84(98(111-97)102(12,13)14)72-64-56-52-50-48-46-40-32-24-16-2)110-95(83)87-74-73-85(108-87)93-89-90(100(107)104(93)79-81(67-59-37-29-21-7)69-61-53-41-33-25-17-3)94(86-75-76-88(109-86)101(9,10)11)105(99(89)106)80-82(68-60-38-30-22-8)70-62-54-42-34-26-18-4/h73-76,81-82,100,107H,15-72,77-80H2,1-14H3. The molecular weight excluding hydrogens is 1430 g/mol. The van der Waals surface area contributed by atoms with E-state index in [1.165, 1.54) is 385 Å². The molecular formula is C103H174N2O2S4. The van der Waals surface area contributed by atoms with Crippen molar-refractivity contribution in [2.75, 3.05) is 13.1 Å². The number of fused-ring (bicyclic) bond motifs is 4. The van der Waals surface area contributed by atoms with Crippen molar-refractivity contribution in [3.8, 4) is 19.5 Å². The first-order chi connectivity index (χ1) is 54.0. The SMILES string of the molecule is CCCCCCCCCCCCc1c(-c2ccc(C3=C4C(=O)N(CC(CCCCCC)CCCCCCCC)C(c5ccc(C(C)(C)C)s5)=C4C(O)N3CC(CCCCCC)CCCCCCCC)s2)sc2c1C(CCCCCCCC)(CCCCCCCC)c1c-2sc(C(C)(C)C)c1CCCCCCCCCCCC.